The zero-order valence-electron chi connectivity index (χ0n) is 19.7. The molecule has 2 aliphatic rings. The Labute approximate surface area is 203 Å². The van der Waals surface area contributed by atoms with Crippen molar-refractivity contribution in [2.75, 3.05) is 63.1 Å². The van der Waals surface area contributed by atoms with Crippen molar-refractivity contribution in [1.29, 1.82) is 0 Å². The number of benzene rings is 2. The smallest absolute Gasteiger partial charge is 0.243 e. The van der Waals surface area contributed by atoms with E-state index in [1.165, 1.54) is 29.2 Å². The van der Waals surface area contributed by atoms with Gasteiger partial charge in [0, 0.05) is 50.6 Å². The molecule has 0 spiro atoms. The maximum Gasteiger partial charge on any atom is 0.243 e. The van der Waals surface area contributed by atoms with Crippen LogP contribution in [0, 0.1) is 5.82 Å². The summed E-state index contributed by atoms with van der Waals surface area (Å²) in [6.07, 6.45) is -0.166. The second-order valence-electron chi connectivity index (χ2n) is 8.61. The lowest BCUT2D eigenvalue weighted by molar-refractivity contribution is -0.145. The number of nitrogens with zero attached hydrogens (tertiary/aromatic N) is 3. The van der Waals surface area contributed by atoms with Crippen LogP contribution in [0.3, 0.4) is 0 Å². The van der Waals surface area contributed by atoms with Crippen molar-refractivity contribution in [3.05, 3.63) is 54.3 Å². The third-order valence-corrected chi connectivity index (χ3v) is 6.33. The first-order valence-electron chi connectivity index (χ1n) is 11.7. The van der Waals surface area contributed by atoms with E-state index >= 15 is 0 Å². The predicted molar refractivity (Wildman–Crippen MR) is 130 cm³/mol. The normalized spacial score (nSPS) is 18.7. The Morgan fingerprint density at radius 3 is 2.37 bits per heavy atom. The van der Waals surface area contributed by atoms with Gasteiger partial charge in [-0.2, -0.15) is 0 Å². The molecule has 0 aliphatic carbocycles. The van der Waals surface area contributed by atoms with Gasteiger partial charge in [-0.1, -0.05) is 0 Å². The molecule has 0 bridgehead atoms. The molecule has 2 heterocycles. The Bertz CT molecular complexity index is 1040. The number of ether oxygens (including phenoxy) is 1. The molecule has 2 N–H and O–H groups in total. The zero-order chi connectivity index (χ0) is 24.8. The highest BCUT2D eigenvalue weighted by Crippen LogP contribution is 2.21. The largest absolute Gasteiger partial charge is 0.497 e. The zero-order valence-corrected chi connectivity index (χ0v) is 19.7. The van der Waals surface area contributed by atoms with Gasteiger partial charge in [0.05, 0.1) is 20.1 Å². The van der Waals surface area contributed by atoms with Gasteiger partial charge in [-0.25, -0.2) is 4.39 Å². The average molecular weight is 484 g/mol. The number of halogens is 1. The van der Waals surface area contributed by atoms with Crippen molar-refractivity contribution in [3.8, 4) is 5.75 Å². The van der Waals surface area contributed by atoms with Gasteiger partial charge in [-0.05, 0) is 48.5 Å². The molecule has 1 unspecified atom stereocenters. The summed E-state index contributed by atoms with van der Waals surface area (Å²) in [5.41, 5.74) is 1.54. The molecule has 3 amide bonds. The minimum atomic E-state index is -0.878. The molecule has 35 heavy (non-hydrogen) atoms. The van der Waals surface area contributed by atoms with Crippen molar-refractivity contribution >= 4 is 29.1 Å². The van der Waals surface area contributed by atoms with Crippen molar-refractivity contribution in [2.45, 2.75) is 12.5 Å². The Balaban J connectivity index is 1.31. The number of piperazine rings is 2. The van der Waals surface area contributed by atoms with Crippen LogP contribution in [0.2, 0.25) is 0 Å². The molecule has 0 saturated carbocycles. The van der Waals surface area contributed by atoms with Crippen LogP contribution in [0.25, 0.3) is 0 Å². The number of rotatable bonds is 7. The molecular formula is C25H30FN5O4. The Hall–Kier alpha value is -3.66. The molecule has 2 aromatic carbocycles. The number of hydrogen-bond acceptors (Lipinski definition) is 6. The van der Waals surface area contributed by atoms with Crippen molar-refractivity contribution in [2.24, 2.45) is 0 Å². The summed E-state index contributed by atoms with van der Waals surface area (Å²) in [6, 6.07) is 12.4. The Morgan fingerprint density at radius 1 is 1.03 bits per heavy atom. The molecule has 0 aromatic heterocycles. The van der Waals surface area contributed by atoms with E-state index in [0.717, 1.165) is 24.5 Å². The Morgan fingerprint density at radius 2 is 1.71 bits per heavy atom. The Kier molecular flexibility index (Phi) is 7.81. The van der Waals surface area contributed by atoms with E-state index in [9.17, 15) is 18.8 Å². The fraction of sp³-hybridized carbons (Fsp3) is 0.400. The minimum absolute atomic E-state index is 0.166. The van der Waals surface area contributed by atoms with E-state index in [1.54, 1.807) is 7.11 Å². The van der Waals surface area contributed by atoms with Crippen LogP contribution in [-0.2, 0) is 14.4 Å². The first-order valence-corrected chi connectivity index (χ1v) is 11.7. The molecule has 2 fully saturated rings. The van der Waals surface area contributed by atoms with Crippen LogP contribution in [0.4, 0.5) is 15.8 Å². The number of methoxy groups -OCH3 is 1. The van der Waals surface area contributed by atoms with Crippen molar-refractivity contribution in [1.82, 2.24) is 15.1 Å². The number of carbonyl (C=O) groups excluding carboxylic acids is 3. The van der Waals surface area contributed by atoms with Crippen LogP contribution in [-0.4, -0.2) is 86.5 Å². The summed E-state index contributed by atoms with van der Waals surface area (Å²) >= 11 is 0. The SMILES string of the molecule is COc1ccc(N2CCN(CC(=O)N3CCNC(=O)C3CC(=O)Nc3ccc(F)cc3)CC2)cc1. The third kappa shape index (κ3) is 6.27. The number of nitrogens with one attached hydrogen (secondary N) is 2. The van der Waals surface area contributed by atoms with Gasteiger partial charge in [-0.15, -0.1) is 0 Å². The van der Waals surface area contributed by atoms with E-state index in [2.05, 4.69) is 20.4 Å². The van der Waals surface area contributed by atoms with Gasteiger partial charge in [0.25, 0.3) is 0 Å². The summed E-state index contributed by atoms with van der Waals surface area (Å²) in [4.78, 5) is 44.0. The lowest BCUT2D eigenvalue weighted by Gasteiger charge is -2.39. The highest BCUT2D eigenvalue weighted by Gasteiger charge is 2.35. The molecule has 10 heteroatoms. The summed E-state index contributed by atoms with van der Waals surface area (Å²) in [5, 5.41) is 5.40. The summed E-state index contributed by atoms with van der Waals surface area (Å²) in [7, 11) is 1.64. The number of carbonyl (C=O) groups is 3. The van der Waals surface area contributed by atoms with E-state index < -0.39 is 17.8 Å². The summed E-state index contributed by atoms with van der Waals surface area (Å²) in [5.74, 6) is -0.522. The summed E-state index contributed by atoms with van der Waals surface area (Å²) in [6.45, 7) is 3.89. The minimum Gasteiger partial charge on any atom is -0.497 e. The van der Waals surface area contributed by atoms with E-state index in [-0.39, 0.29) is 24.8 Å². The maximum atomic E-state index is 13.1. The number of anilines is 2. The van der Waals surface area contributed by atoms with E-state index in [0.29, 0.717) is 31.9 Å². The fourth-order valence-corrected chi connectivity index (χ4v) is 4.38. The van der Waals surface area contributed by atoms with Gasteiger partial charge in [0.2, 0.25) is 17.7 Å². The molecule has 186 valence electrons. The first kappa shape index (κ1) is 24.5. The standard InChI is InChI=1S/C25H30FN5O4/c1-35-21-8-6-20(7-9-21)30-14-12-29(13-15-30)17-24(33)31-11-10-27-25(34)22(31)16-23(32)28-19-4-2-18(26)3-5-19/h2-9,22H,10-17H2,1H3,(H,27,34)(H,28,32). The topological polar surface area (TPSA) is 94.2 Å². The molecule has 0 radical (unpaired) electrons. The summed E-state index contributed by atoms with van der Waals surface area (Å²) < 4.78 is 18.3. The van der Waals surface area contributed by atoms with E-state index in [4.69, 9.17) is 4.74 Å². The molecule has 2 aromatic rings. The van der Waals surface area contributed by atoms with E-state index in [1.807, 2.05) is 24.3 Å². The van der Waals surface area contributed by atoms with Crippen LogP contribution >= 0.6 is 0 Å². The monoisotopic (exact) mass is 483 g/mol. The molecule has 2 aliphatic heterocycles. The molecule has 2 saturated heterocycles. The van der Waals surface area contributed by atoms with Crippen LogP contribution < -0.4 is 20.3 Å². The molecule has 4 rings (SSSR count). The van der Waals surface area contributed by atoms with Crippen LogP contribution in [0.5, 0.6) is 5.75 Å². The second-order valence-corrected chi connectivity index (χ2v) is 8.61. The lowest BCUT2D eigenvalue weighted by atomic mass is 10.1. The third-order valence-electron chi connectivity index (χ3n) is 6.33. The average Bonchev–Trinajstić information content (AvgIpc) is 2.87. The van der Waals surface area contributed by atoms with Crippen molar-refractivity contribution < 1.29 is 23.5 Å². The molecule has 9 nitrogen and oxygen atoms in total. The van der Waals surface area contributed by atoms with Gasteiger partial charge >= 0.3 is 0 Å². The highest BCUT2D eigenvalue weighted by atomic mass is 19.1. The quantitative estimate of drug-likeness (QED) is 0.617. The number of hydrogen-bond donors (Lipinski definition) is 2. The van der Waals surface area contributed by atoms with Gasteiger partial charge in [0.15, 0.2) is 0 Å². The fourth-order valence-electron chi connectivity index (χ4n) is 4.38. The number of amides is 3. The van der Waals surface area contributed by atoms with Crippen LogP contribution in [0.1, 0.15) is 6.42 Å². The molecule has 1 atom stereocenters. The molecular weight excluding hydrogens is 453 g/mol. The lowest BCUT2D eigenvalue weighted by Crippen LogP contribution is -2.60. The van der Waals surface area contributed by atoms with Crippen molar-refractivity contribution in [3.63, 3.8) is 0 Å². The predicted octanol–water partition coefficient (Wildman–Crippen LogP) is 1.31. The van der Waals surface area contributed by atoms with Crippen LogP contribution in [0.15, 0.2) is 48.5 Å². The highest BCUT2D eigenvalue weighted by molar-refractivity contribution is 5.97. The first-order chi connectivity index (χ1) is 16.9. The van der Waals surface area contributed by atoms with Gasteiger partial charge in [0.1, 0.15) is 17.6 Å². The van der Waals surface area contributed by atoms with Gasteiger partial charge < -0.3 is 25.2 Å². The van der Waals surface area contributed by atoms with Gasteiger partial charge in [-0.3, -0.25) is 19.3 Å². The maximum absolute atomic E-state index is 13.1. The second kappa shape index (κ2) is 11.2.